The SMILES string of the molecule is COc1ccc([C@@H](CN)NCc2ccccc2)cc1. The normalized spacial score (nSPS) is 12.1. The number of hydrogen-bond acceptors (Lipinski definition) is 3. The van der Waals surface area contributed by atoms with Crippen molar-refractivity contribution in [2.24, 2.45) is 5.73 Å². The van der Waals surface area contributed by atoms with Gasteiger partial charge in [-0.1, -0.05) is 42.5 Å². The molecule has 2 rings (SSSR count). The second kappa shape index (κ2) is 6.92. The number of benzene rings is 2. The molecule has 2 aromatic rings. The minimum Gasteiger partial charge on any atom is -0.497 e. The zero-order valence-electron chi connectivity index (χ0n) is 11.2. The van der Waals surface area contributed by atoms with E-state index in [1.54, 1.807) is 7.11 Å². The van der Waals surface area contributed by atoms with E-state index in [0.29, 0.717) is 6.54 Å². The Hall–Kier alpha value is -1.84. The first-order valence-electron chi connectivity index (χ1n) is 6.45. The summed E-state index contributed by atoms with van der Waals surface area (Å²) in [5, 5.41) is 3.47. The molecule has 2 aromatic carbocycles. The first kappa shape index (κ1) is 13.6. The molecule has 0 bridgehead atoms. The van der Waals surface area contributed by atoms with Crippen molar-refractivity contribution in [1.82, 2.24) is 5.32 Å². The minimum absolute atomic E-state index is 0.158. The van der Waals surface area contributed by atoms with Crippen molar-refractivity contribution in [3.63, 3.8) is 0 Å². The summed E-state index contributed by atoms with van der Waals surface area (Å²) in [6.45, 7) is 1.38. The molecule has 3 nitrogen and oxygen atoms in total. The van der Waals surface area contributed by atoms with Gasteiger partial charge in [-0.05, 0) is 23.3 Å². The summed E-state index contributed by atoms with van der Waals surface area (Å²) >= 11 is 0. The summed E-state index contributed by atoms with van der Waals surface area (Å²) in [6.07, 6.45) is 0. The first-order chi connectivity index (χ1) is 9.33. The van der Waals surface area contributed by atoms with Crippen LogP contribution in [0.4, 0.5) is 0 Å². The molecule has 19 heavy (non-hydrogen) atoms. The molecule has 0 spiro atoms. The molecule has 100 valence electrons. The van der Waals surface area contributed by atoms with Crippen LogP contribution in [0, 0.1) is 0 Å². The van der Waals surface area contributed by atoms with E-state index in [0.717, 1.165) is 12.3 Å². The van der Waals surface area contributed by atoms with Crippen molar-refractivity contribution in [3.8, 4) is 5.75 Å². The molecular formula is C16H20N2O. The molecule has 3 N–H and O–H groups in total. The van der Waals surface area contributed by atoms with Gasteiger partial charge in [0.25, 0.3) is 0 Å². The van der Waals surface area contributed by atoms with Gasteiger partial charge < -0.3 is 15.8 Å². The van der Waals surface area contributed by atoms with Crippen molar-refractivity contribution >= 4 is 0 Å². The van der Waals surface area contributed by atoms with Crippen LogP contribution in [0.5, 0.6) is 5.75 Å². The Morgan fingerprint density at radius 1 is 1.05 bits per heavy atom. The van der Waals surface area contributed by atoms with E-state index in [-0.39, 0.29) is 6.04 Å². The Kier molecular flexibility index (Phi) is 4.95. The molecule has 0 saturated carbocycles. The monoisotopic (exact) mass is 256 g/mol. The predicted molar refractivity (Wildman–Crippen MR) is 78.1 cm³/mol. The lowest BCUT2D eigenvalue weighted by Gasteiger charge is -2.17. The molecule has 0 amide bonds. The summed E-state index contributed by atoms with van der Waals surface area (Å²) < 4.78 is 5.16. The van der Waals surface area contributed by atoms with Crippen LogP contribution in [0.25, 0.3) is 0 Å². The van der Waals surface area contributed by atoms with Crippen LogP contribution >= 0.6 is 0 Å². The van der Waals surface area contributed by atoms with E-state index < -0.39 is 0 Å². The maximum absolute atomic E-state index is 5.85. The van der Waals surface area contributed by atoms with Crippen LogP contribution in [0.2, 0.25) is 0 Å². The summed E-state index contributed by atoms with van der Waals surface area (Å²) in [6, 6.07) is 18.5. The van der Waals surface area contributed by atoms with Gasteiger partial charge in [-0.15, -0.1) is 0 Å². The average molecular weight is 256 g/mol. The van der Waals surface area contributed by atoms with Crippen molar-refractivity contribution in [2.45, 2.75) is 12.6 Å². The summed E-state index contributed by atoms with van der Waals surface area (Å²) in [4.78, 5) is 0. The third-order valence-corrected chi connectivity index (χ3v) is 3.15. The zero-order chi connectivity index (χ0) is 13.5. The number of ether oxygens (including phenoxy) is 1. The van der Waals surface area contributed by atoms with Crippen LogP contribution < -0.4 is 15.8 Å². The molecule has 0 aliphatic heterocycles. The summed E-state index contributed by atoms with van der Waals surface area (Å²) in [5.74, 6) is 0.864. The van der Waals surface area contributed by atoms with E-state index in [2.05, 4.69) is 17.4 Å². The molecule has 0 fully saturated rings. The van der Waals surface area contributed by atoms with E-state index in [1.807, 2.05) is 42.5 Å². The van der Waals surface area contributed by atoms with Gasteiger partial charge in [0.05, 0.1) is 7.11 Å². The second-order valence-electron chi connectivity index (χ2n) is 4.43. The fraction of sp³-hybridized carbons (Fsp3) is 0.250. The Balaban J connectivity index is 1.99. The van der Waals surface area contributed by atoms with Gasteiger partial charge in [-0.3, -0.25) is 0 Å². The number of nitrogens with two attached hydrogens (primary N) is 1. The molecule has 0 aromatic heterocycles. The Bertz CT molecular complexity index is 482. The number of hydrogen-bond donors (Lipinski definition) is 2. The van der Waals surface area contributed by atoms with E-state index >= 15 is 0 Å². The second-order valence-corrected chi connectivity index (χ2v) is 4.43. The number of methoxy groups -OCH3 is 1. The Morgan fingerprint density at radius 2 is 1.74 bits per heavy atom. The van der Waals surface area contributed by atoms with Crippen LogP contribution in [0.1, 0.15) is 17.2 Å². The van der Waals surface area contributed by atoms with Crippen molar-refractivity contribution in [3.05, 3.63) is 65.7 Å². The molecule has 0 radical (unpaired) electrons. The number of rotatable bonds is 6. The van der Waals surface area contributed by atoms with Gasteiger partial charge in [0.1, 0.15) is 5.75 Å². The molecule has 1 atom stereocenters. The molecule has 0 heterocycles. The smallest absolute Gasteiger partial charge is 0.118 e. The molecule has 0 saturated heterocycles. The molecule has 0 aliphatic rings. The van der Waals surface area contributed by atoms with Crippen molar-refractivity contribution in [2.75, 3.05) is 13.7 Å². The van der Waals surface area contributed by atoms with Gasteiger partial charge in [0.2, 0.25) is 0 Å². The Morgan fingerprint density at radius 3 is 2.32 bits per heavy atom. The lowest BCUT2D eigenvalue weighted by molar-refractivity contribution is 0.414. The average Bonchev–Trinajstić information content (AvgIpc) is 2.49. The van der Waals surface area contributed by atoms with Gasteiger partial charge in [-0.25, -0.2) is 0 Å². The van der Waals surface area contributed by atoms with Gasteiger partial charge >= 0.3 is 0 Å². The van der Waals surface area contributed by atoms with Crippen LogP contribution in [-0.2, 0) is 6.54 Å². The van der Waals surface area contributed by atoms with Gasteiger partial charge in [-0.2, -0.15) is 0 Å². The van der Waals surface area contributed by atoms with Gasteiger partial charge in [0, 0.05) is 19.1 Å². The van der Waals surface area contributed by atoms with Gasteiger partial charge in [0.15, 0.2) is 0 Å². The maximum atomic E-state index is 5.85. The predicted octanol–water partition coefficient (Wildman–Crippen LogP) is 2.48. The van der Waals surface area contributed by atoms with Crippen molar-refractivity contribution < 1.29 is 4.74 Å². The van der Waals surface area contributed by atoms with Crippen LogP contribution in [0.15, 0.2) is 54.6 Å². The summed E-state index contributed by atoms with van der Waals surface area (Å²) in [5.41, 5.74) is 8.28. The topological polar surface area (TPSA) is 47.3 Å². The quantitative estimate of drug-likeness (QED) is 0.834. The highest BCUT2D eigenvalue weighted by Gasteiger charge is 2.08. The minimum atomic E-state index is 0.158. The standard InChI is InChI=1S/C16H20N2O/c1-19-15-9-7-14(8-10-15)16(11-17)18-12-13-5-3-2-4-6-13/h2-10,16,18H,11-12,17H2,1H3/t16-/m1/s1. The lowest BCUT2D eigenvalue weighted by Crippen LogP contribution is -2.27. The molecule has 0 aliphatic carbocycles. The van der Waals surface area contributed by atoms with E-state index in [9.17, 15) is 0 Å². The fourth-order valence-corrected chi connectivity index (χ4v) is 2.01. The Labute approximate surface area is 114 Å². The third kappa shape index (κ3) is 3.81. The largest absolute Gasteiger partial charge is 0.497 e. The van der Waals surface area contributed by atoms with Crippen LogP contribution in [0.3, 0.4) is 0 Å². The zero-order valence-corrected chi connectivity index (χ0v) is 11.2. The highest BCUT2D eigenvalue weighted by molar-refractivity contribution is 5.29. The van der Waals surface area contributed by atoms with E-state index in [1.165, 1.54) is 11.1 Å². The van der Waals surface area contributed by atoms with Crippen LogP contribution in [-0.4, -0.2) is 13.7 Å². The number of nitrogens with one attached hydrogen (secondary N) is 1. The third-order valence-electron chi connectivity index (χ3n) is 3.15. The molecule has 3 heteroatoms. The summed E-state index contributed by atoms with van der Waals surface area (Å²) in [7, 11) is 1.67. The lowest BCUT2D eigenvalue weighted by atomic mass is 10.1. The van der Waals surface area contributed by atoms with Crippen molar-refractivity contribution in [1.29, 1.82) is 0 Å². The molecular weight excluding hydrogens is 236 g/mol. The maximum Gasteiger partial charge on any atom is 0.118 e. The van der Waals surface area contributed by atoms with E-state index in [4.69, 9.17) is 10.5 Å². The fourth-order valence-electron chi connectivity index (χ4n) is 2.01. The first-order valence-corrected chi connectivity index (χ1v) is 6.45. The highest BCUT2D eigenvalue weighted by Crippen LogP contribution is 2.17. The molecule has 0 unspecified atom stereocenters. The highest BCUT2D eigenvalue weighted by atomic mass is 16.5.